The molecule has 0 aliphatic heterocycles. The van der Waals surface area contributed by atoms with E-state index in [0.29, 0.717) is 12.1 Å². The van der Waals surface area contributed by atoms with Gasteiger partial charge in [-0.1, -0.05) is 41.9 Å². The molecule has 3 nitrogen and oxygen atoms in total. The number of nitrogens with zero attached hydrogens (tertiary/aromatic N) is 1. The monoisotopic (exact) mass is 310 g/mol. The van der Waals surface area contributed by atoms with Gasteiger partial charge in [0.25, 0.3) is 0 Å². The quantitative estimate of drug-likeness (QED) is 0.937. The van der Waals surface area contributed by atoms with Crippen LogP contribution in [-0.4, -0.2) is 5.91 Å². The van der Waals surface area contributed by atoms with E-state index >= 15 is 0 Å². The molecule has 3 rings (SSSR count). The zero-order valence-corrected chi connectivity index (χ0v) is 12.7. The summed E-state index contributed by atoms with van der Waals surface area (Å²) >= 11 is 6.17. The van der Waals surface area contributed by atoms with Gasteiger partial charge >= 0.3 is 0 Å². The first-order valence-corrected chi connectivity index (χ1v) is 7.58. The van der Waals surface area contributed by atoms with E-state index in [9.17, 15) is 4.79 Å². The van der Waals surface area contributed by atoms with Gasteiger partial charge in [0.2, 0.25) is 5.91 Å². The van der Waals surface area contributed by atoms with Gasteiger partial charge in [0.1, 0.15) is 0 Å². The number of amides is 1. The maximum atomic E-state index is 12.2. The molecule has 2 aromatic carbocycles. The SMILES string of the molecule is N#Cc1ccc(CNC(=O)C2CC2c2ccccc2Cl)cc1. The zero-order chi connectivity index (χ0) is 15.5. The van der Waals surface area contributed by atoms with Crippen LogP contribution in [0.3, 0.4) is 0 Å². The summed E-state index contributed by atoms with van der Waals surface area (Å²) < 4.78 is 0. The van der Waals surface area contributed by atoms with E-state index in [4.69, 9.17) is 16.9 Å². The van der Waals surface area contributed by atoms with E-state index in [1.807, 2.05) is 36.4 Å². The van der Waals surface area contributed by atoms with Crippen LogP contribution in [0, 0.1) is 17.2 Å². The summed E-state index contributed by atoms with van der Waals surface area (Å²) in [7, 11) is 0. The van der Waals surface area contributed by atoms with Crippen LogP contribution < -0.4 is 5.32 Å². The van der Waals surface area contributed by atoms with Crippen LogP contribution in [-0.2, 0) is 11.3 Å². The Morgan fingerprint density at radius 2 is 1.95 bits per heavy atom. The average molecular weight is 311 g/mol. The van der Waals surface area contributed by atoms with Gasteiger partial charge in [0.05, 0.1) is 11.6 Å². The molecule has 22 heavy (non-hydrogen) atoms. The first kappa shape index (κ1) is 14.6. The Morgan fingerprint density at radius 1 is 1.23 bits per heavy atom. The van der Waals surface area contributed by atoms with E-state index in [1.165, 1.54) is 0 Å². The van der Waals surface area contributed by atoms with Crippen molar-refractivity contribution >= 4 is 17.5 Å². The molecule has 4 heteroatoms. The van der Waals surface area contributed by atoms with Crippen molar-refractivity contribution in [3.63, 3.8) is 0 Å². The molecule has 1 aliphatic carbocycles. The molecule has 1 aliphatic rings. The maximum absolute atomic E-state index is 12.2. The Morgan fingerprint density at radius 3 is 2.64 bits per heavy atom. The van der Waals surface area contributed by atoms with E-state index < -0.39 is 0 Å². The van der Waals surface area contributed by atoms with Gasteiger partial charge in [0, 0.05) is 17.5 Å². The molecular formula is C18H15ClN2O. The van der Waals surface area contributed by atoms with Crippen LogP contribution in [0.5, 0.6) is 0 Å². The summed E-state index contributed by atoms with van der Waals surface area (Å²) in [5.41, 5.74) is 2.67. The van der Waals surface area contributed by atoms with Gasteiger partial charge in [-0.2, -0.15) is 5.26 Å². The van der Waals surface area contributed by atoms with Gasteiger partial charge in [0.15, 0.2) is 0 Å². The lowest BCUT2D eigenvalue weighted by molar-refractivity contribution is -0.122. The summed E-state index contributed by atoms with van der Waals surface area (Å²) in [4.78, 5) is 12.2. The molecule has 0 radical (unpaired) electrons. The molecule has 1 N–H and O–H groups in total. The summed E-state index contributed by atoms with van der Waals surface area (Å²) in [6.45, 7) is 0.482. The summed E-state index contributed by atoms with van der Waals surface area (Å²) in [6.07, 6.45) is 0.850. The van der Waals surface area contributed by atoms with Crippen molar-refractivity contribution in [3.05, 3.63) is 70.2 Å². The van der Waals surface area contributed by atoms with Crippen LogP contribution in [0.25, 0.3) is 0 Å². The van der Waals surface area contributed by atoms with Crippen LogP contribution in [0.2, 0.25) is 5.02 Å². The highest BCUT2D eigenvalue weighted by Gasteiger charge is 2.44. The van der Waals surface area contributed by atoms with Crippen LogP contribution in [0.15, 0.2) is 48.5 Å². The van der Waals surface area contributed by atoms with Crippen molar-refractivity contribution < 1.29 is 4.79 Å². The summed E-state index contributed by atoms with van der Waals surface area (Å²) in [5.74, 6) is 0.308. The molecule has 0 spiro atoms. The molecule has 1 amide bonds. The predicted octanol–water partition coefficient (Wildman–Crippen LogP) is 3.63. The van der Waals surface area contributed by atoms with E-state index in [2.05, 4.69) is 11.4 Å². The van der Waals surface area contributed by atoms with Crippen LogP contribution in [0.1, 0.15) is 29.0 Å². The van der Waals surface area contributed by atoms with Crippen LogP contribution >= 0.6 is 11.6 Å². The third kappa shape index (κ3) is 3.13. The van der Waals surface area contributed by atoms with Gasteiger partial charge in [-0.05, 0) is 41.7 Å². The molecule has 1 saturated carbocycles. The molecule has 1 fully saturated rings. The molecule has 2 atom stereocenters. The molecule has 0 bridgehead atoms. The lowest BCUT2D eigenvalue weighted by atomic mass is 10.1. The lowest BCUT2D eigenvalue weighted by Gasteiger charge is -2.06. The highest BCUT2D eigenvalue weighted by molar-refractivity contribution is 6.31. The third-order valence-corrected chi connectivity index (χ3v) is 4.33. The second-order valence-corrected chi connectivity index (χ2v) is 5.90. The molecule has 0 saturated heterocycles. The fourth-order valence-corrected chi connectivity index (χ4v) is 2.90. The Kier molecular flexibility index (Phi) is 4.13. The summed E-state index contributed by atoms with van der Waals surface area (Å²) in [6, 6.07) is 17.0. The number of carbonyl (C=O) groups excluding carboxylic acids is 1. The van der Waals surface area contributed by atoms with Gasteiger partial charge in [-0.25, -0.2) is 0 Å². The van der Waals surface area contributed by atoms with Crippen molar-refractivity contribution in [1.29, 1.82) is 5.26 Å². The Bertz CT molecular complexity index is 733. The zero-order valence-electron chi connectivity index (χ0n) is 11.9. The van der Waals surface area contributed by atoms with E-state index in [0.717, 1.165) is 22.6 Å². The number of nitriles is 1. The van der Waals surface area contributed by atoms with Gasteiger partial charge in [-0.15, -0.1) is 0 Å². The largest absolute Gasteiger partial charge is 0.352 e. The number of rotatable bonds is 4. The number of hydrogen-bond donors (Lipinski definition) is 1. The Balaban J connectivity index is 1.55. The minimum absolute atomic E-state index is 0.0123. The standard InChI is InChI=1S/C18H15ClN2O/c19-17-4-2-1-3-14(17)15-9-16(15)18(22)21-11-13-7-5-12(10-20)6-8-13/h1-8,15-16H,9,11H2,(H,21,22). The van der Waals surface area contributed by atoms with E-state index in [-0.39, 0.29) is 17.7 Å². The van der Waals surface area contributed by atoms with Crippen molar-refractivity contribution in [2.24, 2.45) is 5.92 Å². The minimum Gasteiger partial charge on any atom is -0.352 e. The smallest absolute Gasteiger partial charge is 0.224 e. The second-order valence-electron chi connectivity index (χ2n) is 5.50. The van der Waals surface area contributed by atoms with E-state index in [1.54, 1.807) is 12.1 Å². The highest BCUT2D eigenvalue weighted by Crippen LogP contribution is 2.49. The first-order valence-electron chi connectivity index (χ1n) is 7.20. The average Bonchev–Trinajstić information content (AvgIpc) is 3.34. The number of nitrogens with one attached hydrogen (secondary N) is 1. The fourth-order valence-electron chi connectivity index (χ4n) is 2.62. The number of halogens is 1. The molecule has 0 heterocycles. The van der Waals surface area contributed by atoms with Crippen molar-refractivity contribution in [1.82, 2.24) is 5.32 Å². The van der Waals surface area contributed by atoms with Crippen LogP contribution in [0.4, 0.5) is 0 Å². The first-order chi connectivity index (χ1) is 10.7. The van der Waals surface area contributed by atoms with Gasteiger partial charge < -0.3 is 5.32 Å². The predicted molar refractivity (Wildman–Crippen MR) is 85.3 cm³/mol. The number of benzene rings is 2. The highest BCUT2D eigenvalue weighted by atomic mass is 35.5. The van der Waals surface area contributed by atoms with Crippen molar-refractivity contribution in [2.45, 2.75) is 18.9 Å². The normalized spacial score (nSPS) is 19.3. The lowest BCUT2D eigenvalue weighted by Crippen LogP contribution is -2.24. The maximum Gasteiger partial charge on any atom is 0.224 e. The minimum atomic E-state index is 0.0123. The Hall–Kier alpha value is -2.31. The topological polar surface area (TPSA) is 52.9 Å². The second kappa shape index (κ2) is 6.21. The molecule has 110 valence electrons. The third-order valence-electron chi connectivity index (χ3n) is 3.98. The Labute approximate surface area is 134 Å². The number of hydrogen-bond acceptors (Lipinski definition) is 2. The fraction of sp³-hybridized carbons (Fsp3) is 0.222. The molecule has 0 aromatic heterocycles. The van der Waals surface area contributed by atoms with Crippen molar-refractivity contribution in [2.75, 3.05) is 0 Å². The molecular weight excluding hydrogens is 296 g/mol. The number of carbonyl (C=O) groups is 1. The van der Waals surface area contributed by atoms with Gasteiger partial charge in [-0.3, -0.25) is 4.79 Å². The van der Waals surface area contributed by atoms with Crippen molar-refractivity contribution in [3.8, 4) is 6.07 Å². The molecule has 2 unspecified atom stereocenters. The molecule has 2 aromatic rings. The summed E-state index contributed by atoms with van der Waals surface area (Å²) in [5, 5.41) is 12.4.